The van der Waals surface area contributed by atoms with Crippen LogP contribution < -0.4 is 10.5 Å². The Morgan fingerprint density at radius 3 is 2.70 bits per heavy atom. The summed E-state index contributed by atoms with van der Waals surface area (Å²) in [5.74, 6) is 1.90. The van der Waals surface area contributed by atoms with E-state index in [2.05, 4.69) is 49.4 Å². The van der Waals surface area contributed by atoms with E-state index in [1.165, 1.54) is 16.7 Å². The second-order valence-electron chi connectivity index (χ2n) is 5.57. The van der Waals surface area contributed by atoms with Gasteiger partial charge in [-0.25, -0.2) is 0 Å². The first kappa shape index (κ1) is 13.2. The van der Waals surface area contributed by atoms with Crippen LogP contribution in [0.25, 0.3) is 0 Å². The van der Waals surface area contributed by atoms with Gasteiger partial charge in [-0.1, -0.05) is 42.5 Å². The van der Waals surface area contributed by atoms with Gasteiger partial charge in [-0.05, 0) is 43.0 Å². The second-order valence-corrected chi connectivity index (χ2v) is 5.57. The van der Waals surface area contributed by atoms with Gasteiger partial charge in [0.05, 0.1) is 6.61 Å². The number of ether oxygens (including phenoxy) is 1. The second kappa shape index (κ2) is 5.68. The van der Waals surface area contributed by atoms with Crippen LogP contribution >= 0.6 is 0 Å². The molecular weight excluding hydrogens is 246 g/mol. The highest BCUT2D eigenvalue weighted by Gasteiger charge is 2.27. The lowest BCUT2D eigenvalue weighted by Crippen LogP contribution is -2.17. The molecular formula is C18H21NO. The van der Waals surface area contributed by atoms with E-state index in [-0.39, 0.29) is 0 Å². The Morgan fingerprint density at radius 2 is 1.90 bits per heavy atom. The molecule has 1 heterocycles. The lowest BCUT2D eigenvalue weighted by molar-refractivity contribution is 0.318. The van der Waals surface area contributed by atoms with Crippen molar-refractivity contribution in [2.45, 2.75) is 25.2 Å². The molecule has 0 aromatic heterocycles. The number of para-hydroxylation sites is 1. The Balaban J connectivity index is 1.82. The Kier molecular flexibility index (Phi) is 3.75. The molecule has 2 N–H and O–H groups in total. The number of benzene rings is 2. The highest BCUT2D eigenvalue weighted by molar-refractivity contribution is 5.40. The van der Waals surface area contributed by atoms with Crippen LogP contribution in [0.2, 0.25) is 0 Å². The van der Waals surface area contributed by atoms with Crippen molar-refractivity contribution in [3.05, 3.63) is 65.2 Å². The van der Waals surface area contributed by atoms with Crippen LogP contribution in [0.5, 0.6) is 5.75 Å². The van der Waals surface area contributed by atoms with Gasteiger partial charge in [-0.15, -0.1) is 0 Å². The molecule has 0 amide bonds. The quantitative estimate of drug-likeness (QED) is 0.918. The minimum Gasteiger partial charge on any atom is -0.493 e. The van der Waals surface area contributed by atoms with Crippen LogP contribution in [0.3, 0.4) is 0 Å². The minimum atomic E-state index is 0.399. The van der Waals surface area contributed by atoms with Crippen LogP contribution in [-0.2, 0) is 0 Å². The number of aryl methyl sites for hydroxylation is 1. The molecule has 0 fully saturated rings. The van der Waals surface area contributed by atoms with Gasteiger partial charge in [-0.2, -0.15) is 0 Å². The molecule has 1 aliphatic heterocycles. The van der Waals surface area contributed by atoms with Gasteiger partial charge in [0.15, 0.2) is 0 Å². The summed E-state index contributed by atoms with van der Waals surface area (Å²) in [6.07, 6.45) is 1.05. The molecule has 2 nitrogen and oxygen atoms in total. The number of hydrogen-bond donors (Lipinski definition) is 1. The van der Waals surface area contributed by atoms with Gasteiger partial charge < -0.3 is 10.5 Å². The summed E-state index contributed by atoms with van der Waals surface area (Å²) in [5.41, 5.74) is 10.1. The summed E-state index contributed by atoms with van der Waals surface area (Å²) in [4.78, 5) is 0. The summed E-state index contributed by atoms with van der Waals surface area (Å²) < 4.78 is 5.78. The zero-order valence-corrected chi connectivity index (χ0v) is 11.9. The normalized spacial score (nSPS) is 18.4. The van der Waals surface area contributed by atoms with Crippen molar-refractivity contribution in [2.24, 2.45) is 5.73 Å². The van der Waals surface area contributed by atoms with Gasteiger partial charge in [0.2, 0.25) is 0 Å². The zero-order chi connectivity index (χ0) is 13.9. The molecule has 2 heteroatoms. The van der Waals surface area contributed by atoms with Crippen LogP contribution in [0, 0.1) is 6.92 Å². The van der Waals surface area contributed by atoms with Crippen molar-refractivity contribution in [1.82, 2.24) is 0 Å². The van der Waals surface area contributed by atoms with Crippen molar-refractivity contribution in [3.63, 3.8) is 0 Å². The molecule has 2 aromatic rings. The highest BCUT2D eigenvalue weighted by Crippen LogP contribution is 2.39. The molecule has 0 spiro atoms. The lowest BCUT2D eigenvalue weighted by Gasteiger charge is -2.20. The van der Waals surface area contributed by atoms with E-state index < -0.39 is 0 Å². The molecule has 0 aliphatic carbocycles. The lowest BCUT2D eigenvalue weighted by atomic mass is 9.84. The summed E-state index contributed by atoms with van der Waals surface area (Å²) in [7, 11) is 0. The van der Waals surface area contributed by atoms with E-state index in [9.17, 15) is 0 Å². The number of nitrogens with two attached hydrogens (primary N) is 1. The number of hydrogen-bond acceptors (Lipinski definition) is 2. The zero-order valence-electron chi connectivity index (χ0n) is 11.9. The fraction of sp³-hybridized carbons (Fsp3) is 0.333. The fourth-order valence-corrected chi connectivity index (χ4v) is 3.16. The topological polar surface area (TPSA) is 35.2 Å². The van der Waals surface area contributed by atoms with Gasteiger partial charge in [0.25, 0.3) is 0 Å². The van der Waals surface area contributed by atoms with E-state index in [4.69, 9.17) is 10.5 Å². The Hall–Kier alpha value is -1.80. The van der Waals surface area contributed by atoms with Gasteiger partial charge in [-0.3, -0.25) is 0 Å². The van der Waals surface area contributed by atoms with E-state index in [0.717, 1.165) is 18.8 Å². The summed E-state index contributed by atoms with van der Waals surface area (Å²) in [5, 5.41) is 0. The predicted octanol–water partition coefficient (Wildman–Crippen LogP) is 3.60. The van der Waals surface area contributed by atoms with Crippen LogP contribution in [0.4, 0.5) is 0 Å². The van der Waals surface area contributed by atoms with E-state index in [1.54, 1.807) is 0 Å². The third kappa shape index (κ3) is 2.44. The summed E-state index contributed by atoms with van der Waals surface area (Å²) in [6, 6.07) is 16.9. The van der Waals surface area contributed by atoms with Crippen LogP contribution in [0.15, 0.2) is 48.5 Å². The Labute approximate surface area is 120 Å². The maximum absolute atomic E-state index is 6.03. The molecule has 0 saturated heterocycles. The van der Waals surface area contributed by atoms with Gasteiger partial charge in [0.1, 0.15) is 5.75 Å². The molecule has 1 aliphatic rings. The maximum Gasteiger partial charge on any atom is 0.122 e. The van der Waals surface area contributed by atoms with Gasteiger partial charge >= 0.3 is 0 Å². The first-order valence-electron chi connectivity index (χ1n) is 7.27. The van der Waals surface area contributed by atoms with E-state index in [0.29, 0.717) is 18.4 Å². The van der Waals surface area contributed by atoms with Crippen molar-refractivity contribution >= 4 is 0 Å². The third-order valence-electron chi connectivity index (χ3n) is 4.28. The smallest absolute Gasteiger partial charge is 0.122 e. The molecule has 2 unspecified atom stereocenters. The largest absolute Gasteiger partial charge is 0.493 e. The molecule has 3 rings (SSSR count). The standard InChI is InChI=1S/C18H21NO/c1-13-6-2-3-7-16(13)14(11-19)10-15-12-20-18-9-5-4-8-17(15)18/h2-9,14-15H,10-12,19H2,1H3. The first-order valence-corrected chi connectivity index (χ1v) is 7.27. The molecule has 0 bridgehead atoms. The molecule has 104 valence electrons. The summed E-state index contributed by atoms with van der Waals surface area (Å²) in [6.45, 7) is 3.63. The van der Waals surface area contributed by atoms with Gasteiger partial charge in [0, 0.05) is 11.5 Å². The SMILES string of the molecule is Cc1ccccc1C(CN)CC1COc2ccccc21. The maximum atomic E-state index is 6.03. The van der Waals surface area contributed by atoms with Crippen LogP contribution in [0.1, 0.15) is 34.9 Å². The molecule has 0 saturated carbocycles. The van der Waals surface area contributed by atoms with Crippen molar-refractivity contribution in [3.8, 4) is 5.75 Å². The molecule has 2 atom stereocenters. The van der Waals surface area contributed by atoms with E-state index >= 15 is 0 Å². The van der Waals surface area contributed by atoms with Crippen LogP contribution in [-0.4, -0.2) is 13.2 Å². The highest BCUT2D eigenvalue weighted by atomic mass is 16.5. The predicted molar refractivity (Wildman–Crippen MR) is 82.3 cm³/mol. The molecule has 20 heavy (non-hydrogen) atoms. The Morgan fingerprint density at radius 1 is 1.15 bits per heavy atom. The number of fused-ring (bicyclic) bond motifs is 1. The minimum absolute atomic E-state index is 0.399. The first-order chi connectivity index (χ1) is 9.79. The Bertz CT molecular complexity index is 593. The molecule has 2 aromatic carbocycles. The molecule has 0 radical (unpaired) electrons. The third-order valence-corrected chi connectivity index (χ3v) is 4.28. The van der Waals surface area contributed by atoms with Crippen molar-refractivity contribution < 1.29 is 4.74 Å². The monoisotopic (exact) mass is 267 g/mol. The average Bonchev–Trinajstić information content (AvgIpc) is 2.89. The fourth-order valence-electron chi connectivity index (χ4n) is 3.16. The van der Waals surface area contributed by atoms with Crippen molar-refractivity contribution in [1.29, 1.82) is 0 Å². The van der Waals surface area contributed by atoms with Crippen molar-refractivity contribution in [2.75, 3.05) is 13.2 Å². The number of rotatable bonds is 4. The summed E-state index contributed by atoms with van der Waals surface area (Å²) >= 11 is 0. The van der Waals surface area contributed by atoms with E-state index in [1.807, 2.05) is 6.07 Å². The average molecular weight is 267 g/mol.